The minimum absolute atomic E-state index is 0.0613. The van der Waals surface area contributed by atoms with Gasteiger partial charge in [-0.3, -0.25) is 14.4 Å². The average molecular weight is 474 g/mol. The SMILES string of the molecule is N#Cc1cccc2c(CC(=O)OCC(=O)C(CC(=O)O)NC(=O)OCc3ccccc3)cccc12. The molecule has 0 spiro atoms. The van der Waals surface area contributed by atoms with Crippen molar-refractivity contribution >= 4 is 34.6 Å². The highest BCUT2D eigenvalue weighted by Gasteiger charge is 2.25. The van der Waals surface area contributed by atoms with Crippen LogP contribution >= 0.6 is 0 Å². The molecule has 178 valence electrons. The van der Waals surface area contributed by atoms with Crippen molar-refractivity contribution in [3.05, 3.63) is 83.4 Å². The zero-order valence-electron chi connectivity index (χ0n) is 18.6. The van der Waals surface area contributed by atoms with E-state index in [1.54, 1.807) is 66.7 Å². The first-order valence-corrected chi connectivity index (χ1v) is 10.7. The Morgan fingerprint density at radius 1 is 0.914 bits per heavy atom. The largest absolute Gasteiger partial charge is 0.481 e. The van der Waals surface area contributed by atoms with Crippen LogP contribution in [0.1, 0.15) is 23.1 Å². The predicted octanol–water partition coefficient (Wildman–Crippen LogP) is 3.14. The van der Waals surface area contributed by atoms with Gasteiger partial charge in [-0.2, -0.15) is 5.26 Å². The lowest BCUT2D eigenvalue weighted by Gasteiger charge is -2.16. The molecule has 0 heterocycles. The molecule has 1 unspecified atom stereocenters. The minimum atomic E-state index is -1.43. The number of rotatable bonds is 10. The van der Waals surface area contributed by atoms with E-state index in [1.165, 1.54) is 0 Å². The molecular weight excluding hydrogens is 452 g/mol. The van der Waals surface area contributed by atoms with E-state index in [0.717, 1.165) is 0 Å². The van der Waals surface area contributed by atoms with Gasteiger partial charge in [0.25, 0.3) is 0 Å². The van der Waals surface area contributed by atoms with Gasteiger partial charge in [0.05, 0.1) is 24.5 Å². The molecule has 1 amide bonds. The summed E-state index contributed by atoms with van der Waals surface area (Å²) in [6, 6.07) is 19.8. The van der Waals surface area contributed by atoms with Gasteiger partial charge in [0.1, 0.15) is 12.6 Å². The van der Waals surface area contributed by atoms with Crippen molar-refractivity contribution in [3.63, 3.8) is 0 Å². The Morgan fingerprint density at radius 3 is 2.34 bits per heavy atom. The fraction of sp³-hybridized carbons (Fsp3) is 0.192. The van der Waals surface area contributed by atoms with E-state index in [1.807, 2.05) is 0 Å². The smallest absolute Gasteiger partial charge is 0.408 e. The van der Waals surface area contributed by atoms with E-state index >= 15 is 0 Å². The number of carboxylic acid groups (broad SMARTS) is 1. The summed E-state index contributed by atoms with van der Waals surface area (Å²) in [6.45, 7) is -0.780. The van der Waals surface area contributed by atoms with Gasteiger partial charge in [0, 0.05) is 0 Å². The van der Waals surface area contributed by atoms with Crippen LogP contribution in [0.5, 0.6) is 0 Å². The number of Topliss-reactive ketones (excluding diaryl/α,β-unsaturated/α-hetero) is 1. The first kappa shape index (κ1) is 24.9. The maximum absolute atomic E-state index is 12.5. The second kappa shape index (κ2) is 12.0. The van der Waals surface area contributed by atoms with Gasteiger partial charge in [0.15, 0.2) is 12.4 Å². The highest BCUT2D eigenvalue weighted by atomic mass is 16.5. The number of amides is 1. The number of aliphatic carboxylic acids is 1. The summed E-state index contributed by atoms with van der Waals surface area (Å²) >= 11 is 0. The van der Waals surface area contributed by atoms with Crippen LogP contribution < -0.4 is 5.32 Å². The number of carbonyl (C=O) groups is 4. The van der Waals surface area contributed by atoms with Crippen LogP contribution in [0.4, 0.5) is 4.79 Å². The normalized spacial score (nSPS) is 11.2. The lowest BCUT2D eigenvalue weighted by molar-refractivity contribution is -0.148. The summed E-state index contributed by atoms with van der Waals surface area (Å²) in [5.74, 6) is -2.82. The number of benzene rings is 3. The number of ketones is 1. The number of esters is 1. The minimum Gasteiger partial charge on any atom is -0.481 e. The second-order valence-corrected chi connectivity index (χ2v) is 7.59. The Bertz CT molecular complexity index is 1280. The maximum atomic E-state index is 12.5. The Balaban J connectivity index is 1.57. The number of nitrogens with one attached hydrogen (secondary N) is 1. The summed E-state index contributed by atoms with van der Waals surface area (Å²) in [7, 11) is 0. The Morgan fingerprint density at radius 2 is 1.63 bits per heavy atom. The van der Waals surface area contributed by atoms with Gasteiger partial charge in [-0.15, -0.1) is 0 Å². The molecule has 3 aromatic carbocycles. The third-order valence-corrected chi connectivity index (χ3v) is 5.12. The summed E-state index contributed by atoms with van der Waals surface area (Å²) in [5, 5.41) is 22.0. The molecule has 2 N–H and O–H groups in total. The fourth-order valence-corrected chi connectivity index (χ4v) is 3.41. The van der Waals surface area contributed by atoms with Crippen molar-refractivity contribution in [3.8, 4) is 6.07 Å². The molecule has 0 aromatic heterocycles. The van der Waals surface area contributed by atoms with Crippen LogP contribution in [0.2, 0.25) is 0 Å². The molecule has 0 saturated heterocycles. The fourth-order valence-electron chi connectivity index (χ4n) is 3.41. The van der Waals surface area contributed by atoms with Crippen LogP contribution in [0.25, 0.3) is 10.8 Å². The van der Waals surface area contributed by atoms with Gasteiger partial charge in [-0.05, 0) is 28.0 Å². The molecule has 0 aliphatic carbocycles. The van der Waals surface area contributed by atoms with E-state index in [2.05, 4.69) is 11.4 Å². The molecule has 0 bridgehead atoms. The summed E-state index contributed by atoms with van der Waals surface area (Å²) < 4.78 is 10.1. The van der Waals surface area contributed by atoms with Crippen molar-refractivity contribution in [2.45, 2.75) is 25.5 Å². The maximum Gasteiger partial charge on any atom is 0.408 e. The molecule has 0 saturated carbocycles. The highest BCUT2D eigenvalue weighted by molar-refractivity contribution is 5.94. The van der Waals surface area contributed by atoms with Crippen molar-refractivity contribution < 1.29 is 33.8 Å². The summed E-state index contributed by atoms with van der Waals surface area (Å²) in [4.78, 5) is 48.1. The average Bonchev–Trinajstić information content (AvgIpc) is 2.86. The van der Waals surface area contributed by atoms with Crippen LogP contribution in [0.3, 0.4) is 0 Å². The van der Waals surface area contributed by atoms with Crippen LogP contribution in [-0.4, -0.2) is 41.6 Å². The van der Waals surface area contributed by atoms with E-state index in [0.29, 0.717) is 27.5 Å². The number of carbonyl (C=O) groups excluding carboxylic acids is 3. The molecular formula is C26H22N2O7. The van der Waals surface area contributed by atoms with Crippen molar-refractivity contribution in [1.82, 2.24) is 5.32 Å². The number of nitrogens with zero attached hydrogens (tertiary/aromatic N) is 1. The first-order valence-electron chi connectivity index (χ1n) is 10.7. The van der Waals surface area contributed by atoms with Gasteiger partial charge >= 0.3 is 18.0 Å². The molecule has 9 heteroatoms. The van der Waals surface area contributed by atoms with Crippen LogP contribution in [0, 0.1) is 11.3 Å². The van der Waals surface area contributed by atoms with Gasteiger partial charge in [-0.1, -0.05) is 60.7 Å². The van der Waals surface area contributed by atoms with E-state index in [-0.39, 0.29) is 13.0 Å². The van der Waals surface area contributed by atoms with Gasteiger partial charge in [0.2, 0.25) is 0 Å². The monoisotopic (exact) mass is 474 g/mol. The van der Waals surface area contributed by atoms with Crippen LogP contribution in [-0.2, 0) is 36.9 Å². The molecule has 0 fully saturated rings. The lowest BCUT2D eigenvalue weighted by atomic mass is 9.99. The molecule has 9 nitrogen and oxygen atoms in total. The number of alkyl carbamates (subject to hydrolysis) is 1. The number of fused-ring (bicyclic) bond motifs is 1. The number of nitriles is 1. The van der Waals surface area contributed by atoms with Crippen LogP contribution in [0.15, 0.2) is 66.7 Å². The number of ether oxygens (including phenoxy) is 2. The predicted molar refractivity (Wildman–Crippen MR) is 124 cm³/mol. The zero-order chi connectivity index (χ0) is 25.2. The third kappa shape index (κ3) is 7.14. The standard InChI is InChI=1S/C26H22N2O7/c27-14-19-9-5-10-20-18(8-4-11-21(19)20)12-25(32)34-16-23(29)22(13-24(30)31)28-26(33)35-15-17-6-2-1-3-7-17/h1-11,22H,12-13,15-16H2,(H,28,33)(H,30,31). The van der Waals surface area contributed by atoms with Crippen molar-refractivity contribution in [1.29, 1.82) is 5.26 Å². The van der Waals surface area contributed by atoms with Crippen molar-refractivity contribution in [2.24, 2.45) is 0 Å². The molecule has 35 heavy (non-hydrogen) atoms. The Kier molecular flexibility index (Phi) is 8.51. The zero-order valence-corrected chi connectivity index (χ0v) is 18.6. The molecule has 0 radical (unpaired) electrons. The quantitative estimate of drug-likeness (QED) is 0.427. The summed E-state index contributed by atoms with van der Waals surface area (Å²) in [6.07, 6.45) is -1.82. The highest BCUT2D eigenvalue weighted by Crippen LogP contribution is 2.22. The molecule has 3 rings (SSSR count). The number of hydrogen-bond acceptors (Lipinski definition) is 7. The second-order valence-electron chi connectivity index (χ2n) is 7.59. The van der Waals surface area contributed by atoms with Gasteiger partial charge in [-0.25, -0.2) is 4.79 Å². The molecule has 3 aromatic rings. The van der Waals surface area contributed by atoms with E-state index < -0.39 is 42.9 Å². The van der Waals surface area contributed by atoms with Gasteiger partial charge < -0.3 is 19.9 Å². The topological polar surface area (TPSA) is 143 Å². The molecule has 1 atom stereocenters. The lowest BCUT2D eigenvalue weighted by Crippen LogP contribution is -2.44. The summed E-state index contributed by atoms with van der Waals surface area (Å²) in [5.41, 5.74) is 1.80. The number of carboxylic acids is 1. The van der Waals surface area contributed by atoms with E-state index in [9.17, 15) is 24.4 Å². The molecule has 0 aliphatic heterocycles. The number of hydrogen-bond donors (Lipinski definition) is 2. The van der Waals surface area contributed by atoms with E-state index in [4.69, 9.17) is 14.6 Å². The molecule has 0 aliphatic rings. The van der Waals surface area contributed by atoms with Crippen molar-refractivity contribution in [2.75, 3.05) is 6.61 Å². The Hall–Kier alpha value is -4.71. The third-order valence-electron chi connectivity index (χ3n) is 5.12. The Labute approximate surface area is 200 Å². The first-order chi connectivity index (χ1) is 16.9.